The monoisotopic (exact) mass is 449 g/mol. The molecule has 0 saturated heterocycles. The van der Waals surface area contributed by atoms with Crippen LogP contribution in [0.4, 0.5) is 20.2 Å². The van der Waals surface area contributed by atoms with Gasteiger partial charge in [0.25, 0.3) is 5.91 Å². The van der Waals surface area contributed by atoms with Crippen LogP contribution in [0.3, 0.4) is 0 Å². The highest BCUT2D eigenvalue weighted by atomic mass is 79.9. The third kappa shape index (κ3) is 4.39. The Balaban J connectivity index is 1.69. The quantitative estimate of drug-likeness (QED) is 0.623. The summed E-state index contributed by atoms with van der Waals surface area (Å²) >= 11 is 3.34. The molecule has 3 rings (SSSR count). The maximum absolute atomic E-state index is 13.3. The van der Waals surface area contributed by atoms with E-state index in [0.29, 0.717) is 11.4 Å². The fourth-order valence-electron chi connectivity index (χ4n) is 2.37. The number of benzene rings is 2. The summed E-state index contributed by atoms with van der Waals surface area (Å²) in [6.07, 6.45) is 0. The van der Waals surface area contributed by atoms with E-state index in [1.807, 2.05) is 6.07 Å². The maximum Gasteiger partial charge on any atom is 0.278 e. The van der Waals surface area contributed by atoms with Crippen LogP contribution in [0, 0.1) is 18.6 Å². The molecule has 0 bridgehead atoms. The average molecular weight is 450 g/mol. The van der Waals surface area contributed by atoms with Crippen molar-refractivity contribution in [2.45, 2.75) is 13.5 Å². The number of aromatic nitrogens is 3. The van der Waals surface area contributed by atoms with Crippen LogP contribution in [0.2, 0.25) is 0 Å². The van der Waals surface area contributed by atoms with Crippen molar-refractivity contribution >= 4 is 39.1 Å². The third-order valence-corrected chi connectivity index (χ3v) is 4.51. The lowest BCUT2D eigenvalue weighted by Crippen LogP contribution is -2.21. The van der Waals surface area contributed by atoms with Crippen LogP contribution in [0.1, 0.15) is 16.2 Å². The normalized spacial score (nSPS) is 10.6. The van der Waals surface area contributed by atoms with E-state index in [1.54, 1.807) is 25.1 Å². The zero-order chi connectivity index (χ0) is 20.3. The van der Waals surface area contributed by atoms with Crippen molar-refractivity contribution in [2.75, 3.05) is 10.6 Å². The smallest absolute Gasteiger partial charge is 0.278 e. The number of carbonyl (C=O) groups is 2. The predicted molar refractivity (Wildman–Crippen MR) is 102 cm³/mol. The summed E-state index contributed by atoms with van der Waals surface area (Å²) in [5.41, 5.74) is 0.992. The minimum Gasteiger partial charge on any atom is -0.323 e. The first kappa shape index (κ1) is 19.6. The van der Waals surface area contributed by atoms with Gasteiger partial charge < -0.3 is 10.6 Å². The number of para-hydroxylation sites is 1. The van der Waals surface area contributed by atoms with Crippen molar-refractivity contribution < 1.29 is 18.4 Å². The molecule has 10 heteroatoms. The fourth-order valence-corrected chi connectivity index (χ4v) is 2.76. The van der Waals surface area contributed by atoms with Gasteiger partial charge in [0.05, 0.1) is 11.4 Å². The maximum atomic E-state index is 13.3. The van der Waals surface area contributed by atoms with E-state index in [2.05, 4.69) is 36.9 Å². The van der Waals surface area contributed by atoms with Crippen molar-refractivity contribution in [3.8, 4) is 0 Å². The summed E-state index contributed by atoms with van der Waals surface area (Å²) in [6.45, 7) is 1.42. The van der Waals surface area contributed by atoms with Gasteiger partial charge in [-0.25, -0.2) is 13.5 Å². The molecule has 0 unspecified atom stereocenters. The minimum atomic E-state index is -1.08. The molecule has 0 aliphatic rings. The van der Waals surface area contributed by atoms with Crippen LogP contribution in [0.25, 0.3) is 0 Å². The number of nitrogens with one attached hydrogen (secondary N) is 2. The van der Waals surface area contributed by atoms with Crippen molar-refractivity contribution in [1.29, 1.82) is 0 Å². The van der Waals surface area contributed by atoms with E-state index in [9.17, 15) is 18.4 Å². The van der Waals surface area contributed by atoms with Crippen LogP contribution < -0.4 is 10.6 Å². The Morgan fingerprint density at radius 1 is 1.11 bits per heavy atom. The molecule has 1 heterocycles. The van der Waals surface area contributed by atoms with Gasteiger partial charge in [0.1, 0.15) is 6.54 Å². The van der Waals surface area contributed by atoms with Crippen molar-refractivity contribution in [3.63, 3.8) is 0 Å². The standard InChI is InChI=1S/C18H14BrF2N5O2/c1-10-17(18(28)22-11-6-7-13(20)14(21)8-11)24-25-26(10)9-16(27)23-15-5-3-2-4-12(15)19/h2-8H,9H2,1H3,(H,22,28)(H,23,27). The summed E-state index contributed by atoms with van der Waals surface area (Å²) < 4.78 is 28.2. The largest absolute Gasteiger partial charge is 0.323 e. The van der Waals surface area contributed by atoms with Gasteiger partial charge in [-0.15, -0.1) is 5.10 Å². The van der Waals surface area contributed by atoms with Crippen LogP contribution in [-0.2, 0) is 11.3 Å². The lowest BCUT2D eigenvalue weighted by atomic mass is 10.2. The second-order valence-corrected chi connectivity index (χ2v) is 6.65. The van der Waals surface area contributed by atoms with E-state index in [4.69, 9.17) is 0 Å². The summed E-state index contributed by atoms with van der Waals surface area (Å²) in [7, 11) is 0. The van der Waals surface area contributed by atoms with Crippen molar-refractivity contribution in [1.82, 2.24) is 15.0 Å². The van der Waals surface area contributed by atoms with Crippen molar-refractivity contribution in [3.05, 3.63) is 70.0 Å². The Hall–Kier alpha value is -3.14. The van der Waals surface area contributed by atoms with E-state index in [1.165, 1.54) is 10.7 Å². The highest BCUT2D eigenvalue weighted by Crippen LogP contribution is 2.21. The van der Waals surface area contributed by atoms with Crippen LogP contribution in [0.15, 0.2) is 46.9 Å². The van der Waals surface area contributed by atoms with E-state index in [-0.39, 0.29) is 23.8 Å². The lowest BCUT2D eigenvalue weighted by Gasteiger charge is -2.08. The Morgan fingerprint density at radius 3 is 2.57 bits per heavy atom. The van der Waals surface area contributed by atoms with Crippen molar-refractivity contribution in [2.24, 2.45) is 0 Å². The molecule has 7 nitrogen and oxygen atoms in total. The molecule has 0 saturated carbocycles. The first-order valence-electron chi connectivity index (χ1n) is 8.06. The van der Waals surface area contributed by atoms with E-state index in [0.717, 1.165) is 16.6 Å². The van der Waals surface area contributed by atoms with Gasteiger partial charge in [-0.05, 0) is 47.1 Å². The highest BCUT2D eigenvalue weighted by Gasteiger charge is 2.19. The second-order valence-electron chi connectivity index (χ2n) is 5.79. The summed E-state index contributed by atoms with van der Waals surface area (Å²) in [5, 5.41) is 12.7. The Labute approximate surface area is 166 Å². The summed E-state index contributed by atoms with van der Waals surface area (Å²) in [5.74, 6) is -3.11. The Morgan fingerprint density at radius 2 is 1.86 bits per heavy atom. The van der Waals surface area contributed by atoms with Gasteiger partial charge in [-0.1, -0.05) is 17.3 Å². The topological polar surface area (TPSA) is 88.9 Å². The van der Waals surface area contributed by atoms with Crippen LogP contribution in [-0.4, -0.2) is 26.8 Å². The number of amides is 2. The van der Waals surface area contributed by atoms with Gasteiger partial charge >= 0.3 is 0 Å². The molecule has 144 valence electrons. The van der Waals surface area contributed by atoms with E-state index < -0.39 is 17.5 Å². The van der Waals surface area contributed by atoms with Gasteiger partial charge in [0.15, 0.2) is 17.3 Å². The van der Waals surface area contributed by atoms with Gasteiger partial charge in [0, 0.05) is 16.2 Å². The molecule has 0 fully saturated rings. The zero-order valence-corrected chi connectivity index (χ0v) is 16.1. The van der Waals surface area contributed by atoms with Gasteiger partial charge in [0.2, 0.25) is 5.91 Å². The van der Waals surface area contributed by atoms with Crippen LogP contribution in [0.5, 0.6) is 0 Å². The summed E-state index contributed by atoms with van der Waals surface area (Å²) in [4.78, 5) is 24.5. The molecule has 0 atom stereocenters. The number of rotatable bonds is 5. The molecular formula is C18H14BrF2N5O2. The number of anilines is 2. The average Bonchev–Trinajstić information content (AvgIpc) is 3.01. The SMILES string of the molecule is Cc1c(C(=O)Nc2ccc(F)c(F)c2)nnn1CC(=O)Nc1ccccc1Br. The van der Waals surface area contributed by atoms with E-state index >= 15 is 0 Å². The molecule has 2 amide bonds. The number of halogens is 3. The lowest BCUT2D eigenvalue weighted by molar-refractivity contribution is -0.117. The first-order chi connectivity index (χ1) is 13.3. The molecule has 2 N–H and O–H groups in total. The zero-order valence-electron chi connectivity index (χ0n) is 14.5. The molecule has 0 aliphatic heterocycles. The second kappa shape index (κ2) is 8.26. The Bertz CT molecular complexity index is 1050. The molecule has 2 aromatic carbocycles. The fraction of sp³-hybridized carbons (Fsp3) is 0.111. The number of hydrogen-bond donors (Lipinski definition) is 2. The molecule has 0 radical (unpaired) electrons. The first-order valence-corrected chi connectivity index (χ1v) is 8.85. The summed E-state index contributed by atoms with van der Waals surface area (Å²) in [6, 6.07) is 10.1. The number of nitrogens with zero attached hydrogens (tertiary/aromatic N) is 3. The predicted octanol–water partition coefficient (Wildman–Crippen LogP) is 3.52. The molecule has 0 aliphatic carbocycles. The number of carbonyl (C=O) groups excluding carboxylic acids is 2. The molecule has 0 spiro atoms. The minimum absolute atomic E-state index is 0.0292. The number of hydrogen-bond acceptors (Lipinski definition) is 4. The molecule has 3 aromatic rings. The van der Waals surface area contributed by atoms with Gasteiger partial charge in [-0.3, -0.25) is 9.59 Å². The Kier molecular flexibility index (Phi) is 5.78. The molecule has 1 aromatic heterocycles. The third-order valence-electron chi connectivity index (χ3n) is 3.82. The van der Waals surface area contributed by atoms with Gasteiger partial charge in [-0.2, -0.15) is 0 Å². The van der Waals surface area contributed by atoms with Crippen LogP contribution >= 0.6 is 15.9 Å². The molecular weight excluding hydrogens is 436 g/mol. The highest BCUT2D eigenvalue weighted by molar-refractivity contribution is 9.10. The molecule has 28 heavy (non-hydrogen) atoms.